The molecule has 0 spiro atoms. The number of benzene rings is 1. The smallest absolute Gasteiger partial charge is 0.0791 e. The highest BCUT2D eigenvalue weighted by molar-refractivity contribution is 7.19. The predicted molar refractivity (Wildman–Crippen MR) is 97.2 cm³/mol. The third-order valence-corrected chi connectivity index (χ3v) is 6.48. The van der Waals surface area contributed by atoms with Crippen LogP contribution in [0, 0.1) is 6.92 Å². The summed E-state index contributed by atoms with van der Waals surface area (Å²) in [5, 5.41) is 4.84. The second-order valence-electron chi connectivity index (χ2n) is 5.82. The van der Waals surface area contributed by atoms with E-state index >= 15 is 0 Å². The van der Waals surface area contributed by atoms with Gasteiger partial charge in [-0.3, -0.25) is 4.90 Å². The summed E-state index contributed by atoms with van der Waals surface area (Å²) in [6.45, 7) is 6.62. The highest BCUT2D eigenvalue weighted by Crippen LogP contribution is 2.39. The fraction of sp³-hybridized carbons (Fsp3) is 0.333. The summed E-state index contributed by atoms with van der Waals surface area (Å²) in [6.07, 6.45) is 0. The van der Waals surface area contributed by atoms with E-state index in [-0.39, 0.29) is 0 Å². The lowest BCUT2D eigenvalue weighted by Crippen LogP contribution is -2.45. The zero-order chi connectivity index (χ0) is 14.9. The Balaban J connectivity index is 1.78. The van der Waals surface area contributed by atoms with Gasteiger partial charge in [0.2, 0.25) is 0 Å². The molecule has 1 N–H and O–H groups in total. The van der Waals surface area contributed by atoms with Crippen molar-refractivity contribution >= 4 is 32.8 Å². The number of nitrogens with zero attached hydrogens (tertiary/aromatic N) is 1. The highest BCUT2D eigenvalue weighted by Gasteiger charge is 2.26. The molecule has 0 bridgehead atoms. The largest absolute Gasteiger partial charge is 0.314 e. The van der Waals surface area contributed by atoms with Crippen molar-refractivity contribution in [3.8, 4) is 0 Å². The molecule has 0 amide bonds. The predicted octanol–water partition coefficient (Wildman–Crippen LogP) is 4.27. The SMILES string of the molecule is Cc1ccc(C(c2cc3ccccc3s2)N2CCNCC2)s1. The quantitative estimate of drug-likeness (QED) is 0.772. The molecule has 1 aromatic carbocycles. The van der Waals surface area contributed by atoms with Gasteiger partial charge in [0, 0.05) is 45.5 Å². The summed E-state index contributed by atoms with van der Waals surface area (Å²) in [6, 6.07) is 16.1. The second-order valence-corrected chi connectivity index (χ2v) is 8.26. The summed E-state index contributed by atoms with van der Waals surface area (Å²) in [5.74, 6) is 0. The lowest BCUT2D eigenvalue weighted by molar-refractivity contribution is 0.203. The minimum Gasteiger partial charge on any atom is -0.314 e. The normalized spacial score (nSPS) is 17.9. The Labute approximate surface area is 139 Å². The zero-order valence-corrected chi connectivity index (χ0v) is 14.3. The van der Waals surface area contributed by atoms with Crippen LogP contribution in [0.2, 0.25) is 0 Å². The van der Waals surface area contributed by atoms with Crippen LogP contribution in [0.25, 0.3) is 10.1 Å². The topological polar surface area (TPSA) is 15.3 Å². The molecule has 22 heavy (non-hydrogen) atoms. The van der Waals surface area contributed by atoms with Crippen LogP contribution in [0.5, 0.6) is 0 Å². The van der Waals surface area contributed by atoms with E-state index in [2.05, 4.69) is 59.6 Å². The molecule has 1 atom stereocenters. The van der Waals surface area contributed by atoms with E-state index in [0.717, 1.165) is 26.2 Å². The van der Waals surface area contributed by atoms with E-state index in [1.807, 2.05) is 22.7 Å². The van der Waals surface area contributed by atoms with Crippen molar-refractivity contribution in [1.82, 2.24) is 10.2 Å². The van der Waals surface area contributed by atoms with Crippen molar-refractivity contribution in [1.29, 1.82) is 0 Å². The summed E-state index contributed by atoms with van der Waals surface area (Å²) in [5.41, 5.74) is 0. The van der Waals surface area contributed by atoms with Crippen LogP contribution in [0.4, 0.5) is 0 Å². The molecule has 0 radical (unpaired) electrons. The first-order valence-electron chi connectivity index (χ1n) is 7.81. The Morgan fingerprint density at radius 1 is 1.00 bits per heavy atom. The molecule has 2 nitrogen and oxygen atoms in total. The summed E-state index contributed by atoms with van der Waals surface area (Å²) < 4.78 is 1.39. The fourth-order valence-corrected chi connectivity index (χ4v) is 5.50. The van der Waals surface area contributed by atoms with E-state index in [1.165, 1.54) is 24.7 Å². The van der Waals surface area contributed by atoms with E-state index in [4.69, 9.17) is 0 Å². The molecule has 1 saturated heterocycles. The molecular formula is C18H20N2S2. The third-order valence-electron chi connectivity index (χ3n) is 4.26. The van der Waals surface area contributed by atoms with Crippen molar-refractivity contribution in [2.45, 2.75) is 13.0 Å². The lowest BCUT2D eigenvalue weighted by Gasteiger charge is -2.34. The molecule has 1 aliphatic rings. The maximum Gasteiger partial charge on any atom is 0.0791 e. The number of hydrogen-bond acceptors (Lipinski definition) is 4. The monoisotopic (exact) mass is 328 g/mol. The molecule has 0 aliphatic carbocycles. The third kappa shape index (κ3) is 2.72. The highest BCUT2D eigenvalue weighted by atomic mass is 32.1. The van der Waals surface area contributed by atoms with Crippen molar-refractivity contribution in [3.05, 3.63) is 57.1 Å². The van der Waals surface area contributed by atoms with Gasteiger partial charge in [0.25, 0.3) is 0 Å². The van der Waals surface area contributed by atoms with Crippen molar-refractivity contribution in [2.75, 3.05) is 26.2 Å². The van der Waals surface area contributed by atoms with E-state index in [0.29, 0.717) is 6.04 Å². The molecule has 1 unspecified atom stereocenters. The van der Waals surface area contributed by atoms with Crippen LogP contribution in [0.15, 0.2) is 42.5 Å². The van der Waals surface area contributed by atoms with E-state index in [9.17, 15) is 0 Å². The minimum absolute atomic E-state index is 0.415. The average Bonchev–Trinajstić information content (AvgIpc) is 3.15. The maximum absolute atomic E-state index is 3.47. The zero-order valence-electron chi connectivity index (χ0n) is 12.7. The summed E-state index contributed by atoms with van der Waals surface area (Å²) >= 11 is 3.89. The van der Waals surface area contributed by atoms with Gasteiger partial charge in [-0.1, -0.05) is 18.2 Å². The molecular weight excluding hydrogens is 308 g/mol. The summed E-state index contributed by atoms with van der Waals surface area (Å²) in [4.78, 5) is 6.99. The number of rotatable bonds is 3. The van der Waals surface area contributed by atoms with Gasteiger partial charge in [0.15, 0.2) is 0 Å². The molecule has 4 rings (SSSR count). The number of hydrogen-bond donors (Lipinski definition) is 1. The molecule has 1 fully saturated rings. The van der Waals surface area contributed by atoms with Crippen molar-refractivity contribution in [2.24, 2.45) is 0 Å². The van der Waals surface area contributed by atoms with Crippen LogP contribution in [-0.4, -0.2) is 31.1 Å². The number of nitrogens with one attached hydrogen (secondary N) is 1. The lowest BCUT2D eigenvalue weighted by atomic mass is 10.1. The first-order chi connectivity index (χ1) is 10.8. The first kappa shape index (κ1) is 14.4. The number of fused-ring (bicyclic) bond motifs is 1. The van der Waals surface area contributed by atoms with Gasteiger partial charge in [-0.05, 0) is 36.6 Å². The van der Waals surface area contributed by atoms with E-state index in [1.54, 1.807) is 0 Å². The molecule has 3 heterocycles. The van der Waals surface area contributed by atoms with Gasteiger partial charge in [-0.25, -0.2) is 0 Å². The van der Waals surface area contributed by atoms with Gasteiger partial charge in [0.05, 0.1) is 6.04 Å². The van der Waals surface area contributed by atoms with Crippen LogP contribution < -0.4 is 5.32 Å². The van der Waals surface area contributed by atoms with Crippen LogP contribution in [0.1, 0.15) is 20.7 Å². The van der Waals surface area contributed by atoms with Crippen LogP contribution >= 0.6 is 22.7 Å². The summed E-state index contributed by atoms with van der Waals surface area (Å²) in [7, 11) is 0. The van der Waals surface area contributed by atoms with Gasteiger partial charge < -0.3 is 5.32 Å². The first-order valence-corrected chi connectivity index (χ1v) is 9.44. The van der Waals surface area contributed by atoms with Gasteiger partial charge in [-0.15, -0.1) is 22.7 Å². The average molecular weight is 329 g/mol. The molecule has 4 heteroatoms. The number of aryl methyl sites for hydroxylation is 1. The van der Waals surface area contributed by atoms with Crippen molar-refractivity contribution < 1.29 is 0 Å². The van der Waals surface area contributed by atoms with Crippen LogP contribution in [-0.2, 0) is 0 Å². The number of thiophene rings is 2. The fourth-order valence-electron chi connectivity index (χ4n) is 3.18. The van der Waals surface area contributed by atoms with Gasteiger partial charge >= 0.3 is 0 Å². The Morgan fingerprint density at radius 3 is 2.55 bits per heavy atom. The standard InChI is InChI=1S/C18H20N2S2/c1-13-6-7-16(21-13)18(20-10-8-19-9-11-20)17-12-14-4-2-3-5-15(14)22-17/h2-7,12,18-19H,8-11H2,1H3. The molecule has 1 aliphatic heterocycles. The Kier molecular flexibility index (Phi) is 4.01. The van der Waals surface area contributed by atoms with E-state index < -0.39 is 0 Å². The molecule has 3 aromatic rings. The molecule has 114 valence electrons. The number of piperazine rings is 1. The second kappa shape index (κ2) is 6.13. The van der Waals surface area contributed by atoms with Crippen molar-refractivity contribution in [3.63, 3.8) is 0 Å². The Bertz CT molecular complexity index is 735. The maximum atomic E-state index is 3.47. The molecule has 2 aromatic heterocycles. The van der Waals surface area contributed by atoms with Gasteiger partial charge in [0.1, 0.15) is 0 Å². The van der Waals surface area contributed by atoms with Crippen LogP contribution in [0.3, 0.4) is 0 Å². The Hall–Kier alpha value is -1.20. The Morgan fingerprint density at radius 2 is 1.82 bits per heavy atom. The molecule has 0 saturated carbocycles. The van der Waals surface area contributed by atoms with Gasteiger partial charge in [-0.2, -0.15) is 0 Å². The minimum atomic E-state index is 0.415.